The average molecular weight is 158 g/mol. The summed E-state index contributed by atoms with van der Waals surface area (Å²) in [5.74, 6) is 0. The summed E-state index contributed by atoms with van der Waals surface area (Å²) in [7, 11) is 0. The maximum absolute atomic E-state index is 9.13. The van der Waals surface area contributed by atoms with Gasteiger partial charge in [-0.15, -0.1) is 0 Å². The van der Waals surface area contributed by atoms with Crippen LogP contribution in [0.3, 0.4) is 0 Å². The predicted molar refractivity (Wildman–Crippen MR) is 46.0 cm³/mol. The van der Waals surface area contributed by atoms with Crippen molar-refractivity contribution in [2.24, 2.45) is 0 Å². The second-order valence-electron chi connectivity index (χ2n) is 2.56. The first-order valence-electron chi connectivity index (χ1n) is 4.26. The van der Waals surface area contributed by atoms with Gasteiger partial charge in [0.2, 0.25) is 0 Å². The molecule has 1 N–H and O–H groups in total. The fourth-order valence-corrected chi connectivity index (χ4v) is 0.806. The zero-order valence-corrected chi connectivity index (χ0v) is 7.42. The van der Waals surface area contributed by atoms with Crippen LogP contribution in [0, 0.1) is 0 Å². The van der Waals surface area contributed by atoms with Gasteiger partial charge in [-0.3, -0.25) is 0 Å². The van der Waals surface area contributed by atoms with Crippen LogP contribution in [-0.4, -0.2) is 11.4 Å². The second kappa shape index (κ2) is 7.61. The minimum Gasteiger partial charge on any atom is -0.473 e. The Hall–Kier alpha value is -0.500. The van der Waals surface area contributed by atoms with Gasteiger partial charge in [-0.1, -0.05) is 25.8 Å². The molecule has 0 saturated carbocycles. The lowest BCUT2D eigenvalue weighted by molar-refractivity contribution is -0.0574. The van der Waals surface area contributed by atoms with Crippen LogP contribution in [0.5, 0.6) is 0 Å². The van der Waals surface area contributed by atoms with E-state index in [1.165, 1.54) is 12.7 Å². The van der Waals surface area contributed by atoms with E-state index in [2.05, 4.69) is 6.92 Å². The SMILES string of the molecule is C/C=C\OC(O)CCCCC. The molecule has 0 heterocycles. The molecule has 0 aromatic rings. The van der Waals surface area contributed by atoms with Crippen LogP contribution in [0.1, 0.15) is 39.5 Å². The van der Waals surface area contributed by atoms with Crippen molar-refractivity contribution in [3.05, 3.63) is 12.3 Å². The van der Waals surface area contributed by atoms with E-state index in [1.807, 2.05) is 6.92 Å². The molecule has 0 aliphatic rings. The Morgan fingerprint density at radius 2 is 2.18 bits per heavy atom. The molecule has 11 heavy (non-hydrogen) atoms. The molecule has 0 radical (unpaired) electrons. The summed E-state index contributed by atoms with van der Waals surface area (Å²) >= 11 is 0. The maximum Gasteiger partial charge on any atom is 0.196 e. The summed E-state index contributed by atoms with van der Waals surface area (Å²) in [5.41, 5.74) is 0. The minimum atomic E-state index is -0.613. The van der Waals surface area contributed by atoms with Gasteiger partial charge in [0.15, 0.2) is 6.29 Å². The first kappa shape index (κ1) is 10.5. The molecule has 0 rings (SSSR count). The molecule has 1 atom stereocenters. The van der Waals surface area contributed by atoms with Crippen molar-refractivity contribution in [2.75, 3.05) is 0 Å². The van der Waals surface area contributed by atoms with Gasteiger partial charge >= 0.3 is 0 Å². The highest BCUT2D eigenvalue weighted by atomic mass is 16.6. The first-order valence-corrected chi connectivity index (χ1v) is 4.26. The van der Waals surface area contributed by atoms with Gasteiger partial charge < -0.3 is 9.84 Å². The molecule has 0 bridgehead atoms. The van der Waals surface area contributed by atoms with Gasteiger partial charge in [0.25, 0.3) is 0 Å². The molecule has 0 fully saturated rings. The fraction of sp³-hybridized carbons (Fsp3) is 0.778. The quantitative estimate of drug-likeness (QED) is 0.365. The normalized spacial score (nSPS) is 13.7. The van der Waals surface area contributed by atoms with E-state index in [0.29, 0.717) is 0 Å². The molecule has 0 aromatic heterocycles. The van der Waals surface area contributed by atoms with Crippen molar-refractivity contribution in [3.63, 3.8) is 0 Å². The highest BCUT2D eigenvalue weighted by Crippen LogP contribution is 2.04. The van der Waals surface area contributed by atoms with E-state index in [1.54, 1.807) is 6.08 Å². The number of unbranched alkanes of at least 4 members (excludes halogenated alkanes) is 2. The Bertz CT molecular complexity index is 99.7. The molecule has 2 nitrogen and oxygen atoms in total. The molecule has 0 saturated heterocycles. The standard InChI is InChI=1S/C9H18O2/c1-3-5-6-7-9(10)11-8-4-2/h4,8-10H,3,5-7H2,1-2H3/b8-4-. The van der Waals surface area contributed by atoms with E-state index < -0.39 is 6.29 Å². The van der Waals surface area contributed by atoms with Crippen LogP contribution in [0.2, 0.25) is 0 Å². The highest BCUT2D eigenvalue weighted by molar-refractivity contribution is 4.65. The molecule has 0 amide bonds. The van der Waals surface area contributed by atoms with Gasteiger partial charge in [-0.2, -0.15) is 0 Å². The minimum absolute atomic E-state index is 0.613. The van der Waals surface area contributed by atoms with E-state index >= 15 is 0 Å². The zero-order chi connectivity index (χ0) is 8.53. The van der Waals surface area contributed by atoms with Crippen LogP contribution >= 0.6 is 0 Å². The number of rotatable bonds is 6. The molecule has 1 unspecified atom stereocenters. The summed E-state index contributed by atoms with van der Waals surface area (Å²) in [6, 6.07) is 0. The lowest BCUT2D eigenvalue weighted by Crippen LogP contribution is -2.07. The van der Waals surface area contributed by atoms with Crippen LogP contribution in [0.4, 0.5) is 0 Å². The second-order valence-corrected chi connectivity index (χ2v) is 2.56. The topological polar surface area (TPSA) is 29.5 Å². The maximum atomic E-state index is 9.13. The van der Waals surface area contributed by atoms with Crippen molar-refractivity contribution in [2.45, 2.75) is 45.8 Å². The summed E-state index contributed by atoms with van der Waals surface area (Å²) in [6.07, 6.45) is 6.79. The fourth-order valence-electron chi connectivity index (χ4n) is 0.806. The Morgan fingerprint density at radius 1 is 1.45 bits per heavy atom. The number of ether oxygens (including phenoxy) is 1. The van der Waals surface area contributed by atoms with Gasteiger partial charge in [0.05, 0.1) is 6.26 Å². The average Bonchev–Trinajstić information content (AvgIpc) is 2.01. The molecular formula is C9H18O2. The van der Waals surface area contributed by atoms with Crippen molar-refractivity contribution in [1.29, 1.82) is 0 Å². The van der Waals surface area contributed by atoms with E-state index in [-0.39, 0.29) is 0 Å². The Morgan fingerprint density at radius 3 is 2.73 bits per heavy atom. The molecule has 0 aliphatic heterocycles. The van der Waals surface area contributed by atoms with Crippen molar-refractivity contribution < 1.29 is 9.84 Å². The molecule has 2 heteroatoms. The predicted octanol–water partition coefficient (Wildman–Crippen LogP) is 2.44. The number of aliphatic hydroxyl groups excluding tert-OH is 1. The number of aliphatic hydroxyl groups is 1. The van der Waals surface area contributed by atoms with Crippen molar-refractivity contribution >= 4 is 0 Å². The van der Waals surface area contributed by atoms with Crippen LogP contribution < -0.4 is 0 Å². The third kappa shape index (κ3) is 7.40. The molecule has 0 spiro atoms. The molecular weight excluding hydrogens is 140 g/mol. The molecule has 0 aromatic carbocycles. The van der Waals surface area contributed by atoms with Gasteiger partial charge in [-0.05, 0) is 13.3 Å². The third-order valence-corrected chi connectivity index (χ3v) is 1.43. The van der Waals surface area contributed by atoms with Gasteiger partial charge in [-0.25, -0.2) is 0 Å². The van der Waals surface area contributed by atoms with E-state index in [0.717, 1.165) is 19.3 Å². The number of hydrogen-bond donors (Lipinski definition) is 1. The van der Waals surface area contributed by atoms with Gasteiger partial charge in [0.1, 0.15) is 0 Å². The molecule has 0 aliphatic carbocycles. The summed E-state index contributed by atoms with van der Waals surface area (Å²) in [6.45, 7) is 4.00. The van der Waals surface area contributed by atoms with Crippen LogP contribution in [-0.2, 0) is 4.74 Å². The first-order chi connectivity index (χ1) is 5.31. The zero-order valence-electron chi connectivity index (χ0n) is 7.42. The van der Waals surface area contributed by atoms with Crippen LogP contribution in [0.15, 0.2) is 12.3 Å². The highest BCUT2D eigenvalue weighted by Gasteiger charge is 1.99. The largest absolute Gasteiger partial charge is 0.473 e. The van der Waals surface area contributed by atoms with Crippen molar-refractivity contribution in [3.8, 4) is 0 Å². The summed E-state index contributed by atoms with van der Waals surface area (Å²) in [4.78, 5) is 0. The monoisotopic (exact) mass is 158 g/mol. The van der Waals surface area contributed by atoms with E-state index in [4.69, 9.17) is 9.84 Å². The van der Waals surface area contributed by atoms with Crippen LogP contribution in [0.25, 0.3) is 0 Å². The van der Waals surface area contributed by atoms with Crippen molar-refractivity contribution in [1.82, 2.24) is 0 Å². The van der Waals surface area contributed by atoms with E-state index in [9.17, 15) is 0 Å². The lowest BCUT2D eigenvalue weighted by Gasteiger charge is -2.08. The Balaban J connectivity index is 3.15. The van der Waals surface area contributed by atoms with Gasteiger partial charge in [0, 0.05) is 6.42 Å². The summed E-state index contributed by atoms with van der Waals surface area (Å²) in [5, 5.41) is 9.13. The Labute approximate surface area is 68.9 Å². The Kier molecular flexibility index (Phi) is 7.26. The smallest absolute Gasteiger partial charge is 0.196 e. The number of hydrogen-bond acceptors (Lipinski definition) is 2. The summed E-state index contributed by atoms with van der Waals surface area (Å²) < 4.78 is 4.91. The number of allylic oxidation sites excluding steroid dienone is 1. The lowest BCUT2D eigenvalue weighted by atomic mass is 10.2. The third-order valence-electron chi connectivity index (χ3n) is 1.43. The molecule has 66 valence electrons.